The van der Waals surface area contributed by atoms with Gasteiger partial charge in [-0.1, -0.05) is 0 Å². The Hall–Kier alpha value is -1.90. The average molecular weight is 287 g/mol. The quantitative estimate of drug-likeness (QED) is 0.819. The fraction of sp³-hybridized carbons (Fsp3) is 0.333. The Balaban J connectivity index is 1.73. The third-order valence-electron chi connectivity index (χ3n) is 2.82. The average Bonchev–Trinajstić information content (AvgIpc) is 2.85. The monoisotopic (exact) mass is 287 g/mol. The molecule has 0 N–H and O–H groups in total. The van der Waals surface area contributed by atoms with Crippen LogP contribution in [0.2, 0.25) is 0 Å². The molecular weight excluding hydrogens is 270 g/mol. The Morgan fingerprint density at radius 2 is 2.10 bits per heavy atom. The van der Waals surface area contributed by atoms with Crippen LogP contribution in [0, 0.1) is 18.3 Å². The highest BCUT2D eigenvalue weighted by Crippen LogP contribution is 2.12. The van der Waals surface area contributed by atoms with Crippen LogP contribution < -0.4 is 4.74 Å². The molecule has 0 atom stereocenters. The van der Waals surface area contributed by atoms with Crippen LogP contribution in [-0.4, -0.2) is 30.1 Å². The van der Waals surface area contributed by atoms with E-state index in [4.69, 9.17) is 10.00 Å². The Labute approximate surface area is 123 Å². The number of rotatable bonds is 6. The number of nitriles is 1. The summed E-state index contributed by atoms with van der Waals surface area (Å²) in [6.45, 7) is 4.30. The highest BCUT2D eigenvalue weighted by atomic mass is 32.1. The Bertz CT molecular complexity index is 586. The first-order valence-electron chi connectivity index (χ1n) is 6.40. The van der Waals surface area contributed by atoms with Crippen molar-refractivity contribution in [1.29, 1.82) is 5.26 Å². The minimum absolute atomic E-state index is 0.617. The third-order valence-corrected chi connectivity index (χ3v) is 3.65. The highest BCUT2D eigenvalue weighted by molar-refractivity contribution is 7.09. The molecule has 0 saturated carbocycles. The summed E-state index contributed by atoms with van der Waals surface area (Å²) < 4.78 is 5.65. The van der Waals surface area contributed by atoms with Crippen molar-refractivity contribution in [3.05, 3.63) is 45.9 Å². The van der Waals surface area contributed by atoms with Crippen LogP contribution in [0.25, 0.3) is 0 Å². The third kappa shape index (κ3) is 4.34. The lowest BCUT2D eigenvalue weighted by atomic mass is 10.2. The molecule has 0 aliphatic carbocycles. The Morgan fingerprint density at radius 3 is 2.70 bits per heavy atom. The maximum absolute atomic E-state index is 8.72. The number of benzene rings is 1. The van der Waals surface area contributed by atoms with Crippen molar-refractivity contribution in [1.82, 2.24) is 9.88 Å². The zero-order chi connectivity index (χ0) is 14.4. The molecule has 0 aliphatic heterocycles. The molecule has 0 aliphatic rings. The van der Waals surface area contributed by atoms with E-state index in [0.29, 0.717) is 12.2 Å². The number of likely N-dealkylation sites (N-methyl/N-ethyl adjacent to an activating group) is 1. The van der Waals surface area contributed by atoms with E-state index in [2.05, 4.69) is 28.4 Å². The van der Waals surface area contributed by atoms with Crippen molar-refractivity contribution in [2.24, 2.45) is 0 Å². The van der Waals surface area contributed by atoms with Gasteiger partial charge in [-0.05, 0) is 38.2 Å². The number of hydrogen-bond acceptors (Lipinski definition) is 5. The summed E-state index contributed by atoms with van der Waals surface area (Å²) in [7, 11) is 2.05. The Morgan fingerprint density at radius 1 is 1.35 bits per heavy atom. The topological polar surface area (TPSA) is 49.2 Å². The molecule has 1 heterocycles. The second-order valence-electron chi connectivity index (χ2n) is 4.58. The maximum atomic E-state index is 8.72. The standard InChI is InChI=1S/C15H17N3OS/c1-12-17-14(11-20-12)10-18(2)7-8-19-15-5-3-13(9-16)4-6-15/h3-6,11H,7-8,10H2,1-2H3. The molecule has 0 amide bonds. The normalized spacial score (nSPS) is 10.5. The highest BCUT2D eigenvalue weighted by Gasteiger charge is 2.04. The minimum Gasteiger partial charge on any atom is -0.492 e. The van der Waals surface area contributed by atoms with Crippen molar-refractivity contribution in [2.75, 3.05) is 20.2 Å². The first-order chi connectivity index (χ1) is 9.67. The second-order valence-corrected chi connectivity index (χ2v) is 5.64. The molecule has 1 aromatic heterocycles. The van der Waals surface area contributed by atoms with Gasteiger partial charge >= 0.3 is 0 Å². The van der Waals surface area contributed by atoms with E-state index < -0.39 is 0 Å². The molecule has 2 rings (SSSR count). The van der Waals surface area contributed by atoms with Gasteiger partial charge in [0.05, 0.1) is 22.3 Å². The van der Waals surface area contributed by atoms with Crippen LogP contribution in [0.5, 0.6) is 5.75 Å². The minimum atomic E-state index is 0.617. The van der Waals surface area contributed by atoms with Crippen LogP contribution in [0.3, 0.4) is 0 Å². The summed E-state index contributed by atoms with van der Waals surface area (Å²) in [5.74, 6) is 0.793. The molecule has 0 spiro atoms. The summed E-state index contributed by atoms with van der Waals surface area (Å²) >= 11 is 1.68. The molecule has 0 bridgehead atoms. The number of aryl methyl sites for hydroxylation is 1. The molecule has 0 saturated heterocycles. The van der Waals surface area contributed by atoms with E-state index >= 15 is 0 Å². The van der Waals surface area contributed by atoms with E-state index in [1.165, 1.54) is 0 Å². The smallest absolute Gasteiger partial charge is 0.119 e. The van der Waals surface area contributed by atoms with Gasteiger partial charge in [-0.15, -0.1) is 11.3 Å². The first-order valence-corrected chi connectivity index (χ1v) is 7.28. The van der Waals surface area contributed by atoms with Crippen LogP contribution in [0.4, 0.5) is 0 Å². The van der Waals surface area contributed by atoms with Crippen molar-refractivity contribution in [2.45, 2.75) is 13.5 Å². The SMILES string of the molecule is Cc1nc(CN(C)CCOc2ccc(C#N)cc2)cs1. The van der Waals surface area contributed by atoms with Gasteiger partial charge in [-0.25, -0.2) is 4.98 Å². The summed E-state index contributed by atoms with van der Waals surface area (Å²) in [5, 5.41) is 11.9. The molecular formula is C15H17N3OS. The summed E-state index contributed by atoms with van der Waals surface area (Å²) in [6, 6.07) is 9.25. The van der Waals surface area contributed by atoms with Crippen molar-refractivity contribution in [3.63, 3.8) is 0 Å². The van der Waals surface area contributed by atoms with E-state index in [1.54, 1.807) is 23.5 Å². The largest absolute Gasteiger partial charge is 0.492 e. The lowest BCUT2D eigenvalue weighted by Crippen LogP contribution is -2.24. The van der Waals surface area contributed by atoms with Gasteiger partial charge in [-0.2, -0.15) is 5.26 Å². The van der Waals surface area contributed by atoms with Crippen LogP contribution in [0.15, 0.2) is 29.6 Å². The summed E-state index contributed by atoms with van der Waals surface area (Å²) in [5.41, 5.74) is 1.75. The van der Waals surface area contributed by atoms with Crippen molar-refractivity contribution >= 4 is 11.3 Å². The van der Waals surface area contributed by atoms with Crippen molar-refractivity contribution in [3.8, 4) is 11.8 Å². The lowest BCUT2D eigenvalue weighted by Gasteiger charge is -2.15. The van der Waals surface area contributed by atoms with Gasteiger partial charge in [0.25, 0.3) is 0 Å². The van der Waals surface area contributed by atoms with E-state index in [0.717, 1.165) is 29.5 Å². The van der Waals surface area contributed by atoms with Gasteiger partial charge < -0.3 is 4.74 Å². The van der Waals surface area contributed by atoms with Crippen molar-refractivity contribution < 1.29 is 4.74 Å². The molecule has 104 valence electrons. The fourth-order valence-electron chi connectivity index (χ4n) is 1.78. The lowest BCUT2D eigenvalue weighted by molar-refractivity contribution is 0.231. The van der Waals surface area contributed by atoms with Gasteiger partial charge in [0, 0.05) is 18.5 Å². The zero-order valence-corrected chi connectivity index (χ0v) is 12.5. The number of hydrogen-bond donors (Lipinski definition) is 0. The van der Waals surface area contributed by atoms with Gasteiger partial charge in [0.1, 0.15) is 12.4 Å². The molecule has 1 aromatic carbocycles. The molecule has 5 heteroatoms. The molecule has 2 aromatic rings. The molecule has 0 radical (unpaired) electrons. The van der Waals surface area contributed by atoms with Crippen LogP contribution in [-0.2, 0) is 6.54 Å². The van der Waals surface area contributed by atoms with E-state index in [9.17, 15) is 0 Å². The number of nitrogens with zero attached hydrogens (tertiary/aromatic N) is 3. The zero-order valence-electron chi connectivity index (χ0n) is 11.7. The summed E-state index contributed by atoms with van der Waals surface area (Å²) in [4.78, 5) is 6.62. The van der Waals surface area contributed by atoms with Crippen LogP contribution >= 0.6 is 11.3 Å². The van der Waals surface area contributed by atoms with E-state index in [1.807, 2.05) is 19.1 Å². The molecule has 4 nitrogen and oxygen atoms in total. The number of aromatic nitrogens is 1. The number of ether oxygens (including phenoxy) is 1. The fourth-order valence-corrected chi connectivity index (χ4v) is 2.39. The van der Waals surface area contributed by atoms with Gasteiger partial charge in [-0.3, -0.25) is 4.90 Å². The van der Waals surface area contributed by atoms with Crippen LogP contribution in [0.1, 0.15) is 16.3 Å². The molecule has 20 heavy (non-hydrogen) atoms. The Kier molecular flexibility index (Phi) is 5.10. The number of thiazole rings is 1. The second kappa shape index (κ2) is 7.04. The predicted molar refractivity (Wildman–Crippen MR) is 79.8 cm³/mol. The van der Waals surface area contributed by atoms with E-state index in [-0.39, 0.29) is 0 Å². The molecule has 0 fully saturated rings. The first kappa shape index (κ1) is 14.5. The predicted octanol–water partition coefficient (Wildman–Crippen LogP) is 2.83. The molecule has 0 unspecified atom stereocenters. The summed E-state index contributed by atoms with van der Waals surface area (Å²) in [6.07, 6.45) is 0. The van der Waals surface area contributed by atoms with Gasteiger partial charge in [0.15, 0.2) is 0 Å². The van der Waals surface area contributed by atoms with Gasteiger partial charge in [0.2, 0.25) is 0 Å². The maximum Gasteiger partial charge on any atom is 0.119 e.